The van der Waals surface area contributed by atoms with Crippen LogP contribution in [0, 0.1) is 6.92 Å². The van der Waals surface area contributed by atoms with Crippen molar-refractivity contribution >= 4 is 34.8 Å². The maximum Gasteiger partial charge on any atom is 0.416 e. The molecule has 0 aromatic heterocycles. The van der Waals surface area contributed by atoms with Crippen molar-refractivity contribution in [2.24, 2.45) is 0 Å². The van der Waals surface area contributed by atoms with Crippen LogP contribution in [0.3, 0.4) is 0 Å². The van der Waals surface area contributed by atoms with Gasteiger partial charge in [0.1, 0.15) is 0 Å². The lowest BCUT2D eigenvalue weighted by molar-refractivity contribution is -0.137. The van der Waals surface area contributed by atoms with Crippen molar-refractivity contribution in [3.63, 3.8) is 0 Å². The Bertz CT molecular complexity index is 663. The molecule has 0 nitrogen and oxygen atoms in total. The number of alkyl halides is 3. The number of hydrogen-bond acceptors (Lipinski definition) is 0. The Morgan fingerprint density at radius 3 is 2.15 bits per heavy atom. The Morgan fingerprint density at radius 2 is 1.55 bits per heavy atom. The minimum absolute atomic E-state index is 0.126. The highest BCUT2D eigenvalue weighted by Gasteiger charge is 2.31. The summed E-state index contributed by atoms with van der Waals surface area (Å²) in [4.78, 5) is 0. The molecule has 0 atom stereocenters. The minimum atomic E-state index is -4.41. The van der Waals surface area contributed by atoms with Crippen LogP contribution in [0.5, 0.6) is 0 Å². The molecule has 0 amide bonds. The van der Waals surface area contributed by atoms with Gasteiger partial charge in [0, 0.05) is 5.56 Å². The number of hydrogen-bond donors (Lipinski definition) is 0. The fraction of sp³-hybridized carbons (Fsp3) is 0.143. The average Bonchev–Trinajstić information content (AvgIpc) is 2.34. The third-order valence-corrected chi connectivity index (χ3v) is 4.04. The molecule has 0 saturated carbocycles. The van der Waals surface area contributed by atoms with Gasteiger partial charge in [-0.25, -0.2) is 0 Å². The van der Waals surface area contributed by atoms with Crippen LogP contribution >= 0.6 is 34.8 Å². The first-order valence-electron chi connectivity index (χ1n) is 5.53. The van der Waals surface area contributed by atoms with Gasteiger partial charge in [0.15, 0.2) is 0 Å². The van der Waals surface area contributed by atoms with E-state index in [1.807, 2.05) is 0 Å². The Morgan fingerprint density at radius 1 is 0.900 bits per heavy atom. The first-order valence-corrected chi connectivity index (χ1v) is 6.66. The molecule has 0 radical (unpaired) electrons. The van der Waals surface area contributed by atoms with Gasteiger partial charge in [-0.3, -0.25) is 0 Å². The van der Waals surface area contributed by atoms with Crippen molar-refractivity contribution < 1.29 is 13.2 Å². The maximum atomic E-state index is 12.8. The van der Waals surface area contributed by atoms with E-state index in [0.29, 0.717) is 16.7 Å². The van der Waals surface area contributed by atoms with Crippen LogP contribution in [0.25, 0.3) is 11.1 Å². The number of rotatable bonds is 1. The summed E-state index contributed by atoms with van der Waals surface area (Å²) in [5.41, 5.74) is 0.516. The molecule has 0 heterocycles. The van der Waals surface area contributed by atoms with Crippen molar-refractivity contribution in [2.45, 2.75) is 13.1 Å². The zero-order valence-corrected chi connectivity index (χ0v) is 12.4. The van der Waals surface area contributed by atoms with Crippen molar-refractivity contribution in [1.82, 2.24) is 0 Å². The van der Waals surface area contributed by atoms with Crippen molar-refractivity contribution in [2.75, 3.05) is 0 Å². The van der Waals surface area contributed by atoms with Crippen LogP contribution in [0.15, 0.2) is 30.3 Å². The van der Waals surface area contributed by atoms with Crippen molar-refractivity contribution in [3.8, 4) is 11.1 Å². The van der Waals surface area contributed by atoms with Gasteiger partial charge >= 0.3 is 6.18 Å². The molecule has 106 valence electrons. The fourth-order valence-corrected chi connectivity index (χ4v) is 2.50. The third-order valence-electron chi connectivity index (χ3n) is 2.75. The molecule has 6 heteroatoms. The van der Waals surface area contributed by atoms with Gasteiger partial charge in [-0.2, -0.15) is 13.2 Å². The van der Waals surface area contributed by atoms with E-state index in [9.17, 15) is 13.2 Å². The number of benzene rings is 2. The van der Waals surface area contributed by atoms with Gasteiger partial charge in [-0.05, 0) is 36.2 Å². The normalized spacial score (nSPS) is 11.8. The van der Waals surface area contributed by atoms with E-state index in [-0.39, 0.29) is 15.1 Å². The smallest absolute Gasteiger partial charge is 0.166 e. The Labute approximate surface area is 129 Å². The standard InChI is InChI=1S/C14H8Cl3F3/c1-7-4-8(6-9(5-7)14(18,19)20)10-2-3-11(15)13(17)12(10)16/h2-6H,1H3. The molecule has 0 saturated heterocycles. The fourth-order valence-electron chi connectivity index (χ4n) is 1.85. The van der Waals surface area contributed by atoms with Crippen LogP contribution < -0.4 is 0 Å². The van der Waals surface area contributed by atoms with Gasteiger partial charge in [0.25, 0.3) is 0 Å². The van der Waals surface area contributed by atoms with E-state index in [2.05, 4.69) is 0 Å². The molecule has 0 aliphatic heterocycles. The quantitative estimate of drug-likeness (QED) is 0.511. The van der Waals surface area contributed by atoms with E-state index in [1.54, 1.807) is 19.1 Å². The van der Waals surface area contributed by atoms with E-state index in [0.717, 1.165) is 12.1 Å². The summed E-state index contributed by atoms with van der Waals surface area (Å²) in [5, 5.41) is 0.517. The zero-order valence-electron chi connectivity index (χ0n) is 10.2. The molecule has 0 N–H and O–H groups in total. The Balaban J connectivity index is 2.65. The number of halogens is 6. The molecule has 0 aliphatic rings. The predicted octanol–water partition coefficient (Wildman–Crippen LogP) is 6.64. The van der Waals surface area contributed by atoms with Crippen LogP contribution in [-0.4, -0.2) is 0 Å². The SMILES string of the molecule is Cc1cc(-c2ccc(Cl)c(Cl)c2Cl)cc(C(F)(F)F)c1. The van der Waals surface area contributed by atoms with Gasteiger partial charge < -0.3 is 0 Å². The molecular weight excluding hydrogens is 332 g/mol. The van der Waals surface area contributed by atoms with Crippen LogP contribution in [0.1, 0.15) is 11.1 Å². The Hall–Kier alpha value is -0.900. The van der Waals surface area contributed by atoms with Gasteiger partial charge in [0.05, 0.1) is 20.6 Å². The highest BCUT2D eigenvalue weighted by molar-refractivity contribution is 6.49. The molecular formula is C14H8Cl3F3. The Kier molecular flexibility index (Phi) is 4.24. The molecule has 0 spiro atoms. The molecule has 0 fully saturated rings. The third kappa shape index (κ3) is 3.05. The largest absolute Gasteiger partial charge is 0.416 e. The highest BCUT2D eigenvalue weighted by atomic mass is 35.5. The second kappa shape index (κ2) is 5.47. The summed E-state index contributed by atoms with van der Waals surface area (Å²) >= 11 is 17.8. The highest BCUT2D eigenvalue weighted by Crippen LogP contribution is 2.40. The van der Waals surface area contributed by atoms with Gasteiger partial charge in [0.2, 0.25) is 0 Å². The van der Waals surface area contributed by atoms with E-state index >= 15 is 0 Å². The minimum Gasteiger partial charge on any atom is -0.166 e. The summed E-state index contributed by atoms with van der Waals surface area (Å²) in [7, 11) is 0. The van der Waals surface area contributed by atoms with Crippen molar-refractivity contribution in [3.05, 3.63) is 56.5 Å². The lowest BCUT2D eigenvalue weighted by Gasteiger charge is -2.12. The van der Waals surface area contributed by atoms with E-state index in [1.165, 1.54) is 6.07 Å². The van der Waals surface area contributed by atoms with Gasteiger partial charge in [-0.1, -0.05) is 46.9 Å². The van der Waals surface area contributed by atoms with Crippen molar-refractivity contribution in [1.29, 1.82) is 0 Å². The summed E-state index contributed by atoms with van der Waals surface area (Å²) in [6.07, 6.45) is -4.41. The topological polar surface area (TPSA) is 0 Å². The predicted molar refractivity (Wildman–Crippen MR) is 76.6 cm³/mol. The summed E-state index contributed by atoms with van der Waals surface area (Å²) in [6, 6.07) is 6.78. The second-order valence-electron chi connectivity index (χ2n) is 4.31. The van der Waals surface area contributed by atoms with Gasteiger partial charge in [-0.15, -0.1) is 0 Å². The lowest BCUT2D eigenvalue weighted by Crippen LogP contribution is -2.05. The van der Waals surface area contributed by atoms with E-state index in [4.69, 9.17) is 34.8 Å². The average molecular weight is 340 g/mol. The summed E-state index contributed by atoms with van der Waals surface area (Å²) < 4.78 is 38.5. The number of aryl methyl sites for hydroxylation is 1. The zero-order chi connectivity index (χ0) is 15.1. The molecule has 0 unspecified atom stereocenters. The lowest BCUT2D eigenvalue weighted by atomic mass is 10.00. The van der Waals surface area contributed by atoms with Crippen LogP contribution in [0.4, 0.5) is 13.2 Å². The van der Waals surface area contributed by atoms with Crippen LogP contribution in [-0.2, 0) is 6.18 Å². The van der Waals surface area contributed by atoms with E-state index < -0.39 is 11.7 Å². The maximum absolute atomic E-state index is 12.8. The first kappa shape index (κ1) is 15.5. The monoisotopic (exact) mass is 338 g/mol. The molecule has 2 aromatic rings. The molecule has 0 bridgehead atoms. The summed E-state index contributed by atoms with van der Waals surface area (Å²) in [5.74, 6) is 0. The molecule has 0 aliphatic carbocycles. The first-order chi connectivity index (χ1) is 9.20. The van der Waals surface area contributed by atoms with Crippen LogP contribution in [0.2, 0.25) is 15.1 Å². The second-order valence-corrected chi connectivity index (χ2v) is 5.47. The molecule has 2 aromatic carbocycles. The summed E-state index contributed by atoms with van der Waals surface area (Å²) in [6.45, 7) is 1.59. The molecule has 20 heavy (non-hydrogen) atoms. The molecule has 2 rings (SSSR count).